The van der Waals surface area contributed by atoms with E-state index in [0.717, 1.165) is 31.5 Å². The van der Waals surface area contributed by atoms with Gasteiger partial charge >= 0.3 is 6.03 Å². The third-order valence-corrected chi connectivity index (χ3v) is 4.34. The molecule has 0 spiro atoms. The quantitative estimate of drug-likeness (QED) is 0.790. The van der Waals surface area contributed by atoms with Crippen LogP contribution < -0.4 is 0 Å². The Hall–Kier alpha value is -1.66. The van der Waals surface area contributed by atoms with Gasteiger partial charge in [0.25, 0.3) is 0 Å². The molecule has 7 heteroatoms. The van der Waals surface area contributed by atoms with Gasteiger partial charge in [-0.3, -0.25) is 14.6 Å². The topological polar surface area (TPSA) is 56.8 Å². The molecule has 1 aromatic heterocycles. The Morgan fingerprint density at radius 3 is 2.64 bits per heavy atom. The Bertz CT molecular complexity index is 557. The lowest BCUT2D eigenvalue weighted by molar-refractivity contribution is -0.128. The molecule has 3 heterocycles. The summed E-state index contributed by atoms with van der Waals surface area (Å²) in [5, 5.41) is 0.430. The first-order valence-electron chi connectivity index (χ1n) is 7.55. The van der Waals surface area contributed by atoms with Crippen LogP contribution >= 0.6 is 11.6 Å². The minimum atomic E-state index is -0.209. The van der Waals surface area contributed by atoms with Gasteiger partial charge in [0.05, 0.1) is 6.54 Å². The molecule has 2 saturated heterocycles. The second kappa shape index (κ2) is 6.62. The van der Waals surface area contributed by atoms with Crippen LogP contribution in [-0.4, -0.2) is 64.3 Å². The van der Waals surface area contributed by atoms with E-state index in [4.69, 9.17) is 11.6 Å². The normalized spacial score (nSPS) is 19.2. The Morgan fingerprint density at radius 2 is 1.95 bits per heavy atom. The number of nitrogens with zero attached hydrogens (tertiary/aromatic N) is 4. The summed E-state index contributed by atoms with van der Waals surface area (Å²) < 4.78 is 0. The first-order valence-corrected chi connectivity index (χ1v) is 7.93. The molecule has 2 fully saturated rings. The molecular formula is C15H19ClN4O2. The van der Waals surface area contributed by atoms with E-state index in [1.807, 2.05) is 6.07 Å². The van der Waals surface area contributed by atoms with Crippen molar-refractivity contribution in [3.05, 3.63) is 29.0 Å². The molecule has 3 rings (SSSR count). The van der Waals surface area contributed by atoms with Gasteiger partial charge in [0.15, 0.2) is 0 Å². The Kier molecular flexibility index (Phi) is 4.59. The van der Waals surface area contributed by atoms with Crippen LogP contribution in [0.4, 0.5) is 4.79 Å². The van der Waals surface area contributed by atoms with Gasteiger partial charge in [-0.1, -0.05) is 17.7 Å². The van der Waals surface area contributed by atoms with Gasteiger partial charge in [-0.05, 0) is 37.6 Å². The average Bonchev–Trinajstić information content (AvgIpc) is 3.12. The number of pyridine rings is 1. The summed E-state index contributed by atoms with van der Waals surface area (Å²) in [5.74, 6) is -0.0939. The molecular weight excluding hydrogens is 304 g/mol. The predicted molar refractivity (Wildman–Crippen MR) is 82.4 cm³/mol. The van der Waals surface area contributed by atoms with E-state index >= 15 is 0 Å². The van der Waals surface area contributed by atoms with Gasteiger partial charge in [0, 0.05) is 25.8 Å². The zero-order valence-corrected chi connectivity index (χ0v) is 13.1. The van der Waals surface area contributed by atoms with Gasteiger partial charge in [-0.25, -0.2) is 9.78 Å². The van der Waals surface area contributed by atoms with Crippen molar-refractivity contribution in [3.8, 4) is 0 Å². The molecule has 22 heavy (non-hydrogen) atoms. The van der Waals surface area contributed by atoms with E-state index in [-0.39, 0.29) is 11.9 Å². The number of aromatic nitrogens is 1. The summed E-state index contributed by atoms with van der Waals surface area (Å²) in [6, 6.07) is 3.34. The molecule has 1 aromatic rings. The number of halogens is 1. The maximum absolute atomic E-state index is 12.4. The highest BCUT2D eigenvalue weighted by Crippen LogP contribution is 2.15. The van der Waals surface area contributed by atoms with E-state index in [2.05, 4.69) is 9.88 Å². The van der Waals surface area contributed by atoms with E-state index < -0.39 is 0 Å². The molecule has 0 bridgehead atoms. The van der Waals surface area contributed by atoms with Crippen LogP contribution in [0.2, 0.25) is 5.15 Å². The van der Waals surface area contributed by atoms with Crippen LogP contribution in [0.5, 0.6) is 0 Å². The number of amides is 3. The minimum Gasteiger partial charge on any atom is -0.318 e. The van der Waals surface area contributed by atoms with Crippen LogP contribution in [0.1, 0.15) is 18.4 Å². The number of carbonyl (C=O) groups is 2. The number of likely N-dealkylation sites (tertiary alicyclic amines) is 1. The van der Waals surface area contributed by atoms with Gasteiger partial charge in [-0.15, -0.1) is 0 Å². The van der Waals surface area contributed by atoms with Gasteiger partial charge in [0.2, 0.25) is 5.91 Å². The maximum Gasteiger partial charge on any atom is 0.327 e. The third-order valence-electron chi connectivity index (χ3n) is 4.12. The summed E-state index contributed by atoms with van der Waals surface area (Å²) in [7, 11) is 0. The number of urea groups is 1. The average molecular weight is 323 g/mol. The van der Waals surface area contributed by atoms with E-state index in [0.29, 0.717) is 31.3 Å². The molecule has 0 unspecified atom stereocenters. The predicted octanol–water partition coefficient (Wildman–Crippen LogP) is 1.60. The van der Waals surface area contributed by atoms with Crippen LogP contribution in [0.25, 0.3) is 0 Å². The van der Waals surface area contributed by atoms with Gasteiger partial charge in [0.1, 0.15) is 5.15 Å². The molecule has 0 saturated carbocycles. The zero-order valence-electron chi connectivity index (χ0n) is 12.4. The van der Waals surface area contributed by atoms with Crippen molar-refractivity contribution in [1.29, 1.82) is 0 Å². The fourth-order valence-corrected chi connectivity index (χ4v) is 3.01. The first-order chi connectivity index (χ1) is 10.6. The molecule has 0 aromatic carbocycles. The van der Waals surface area contributed by atoms with Crippen molar-refractivity contribution in [3.63, 3.8) is 0 Å². The van der Waals surface area contributed by atoms with Crippen molar-refractivity contribution in [1.82, 2.24) is 19.7 Å². The first kappa shape index (κ1) is 15.2. The smallest absolute Gasteiger partial charge is 0.318 e. The van der Waals surface area contributed by atoms with Crippen molar-refractivity contribution >= 4 is 23.5 Å². The van der Waals surface area contributed by atoms with Crippen LogP contribution in [0.3, 0.4) is 0 Å². The fourth-order valence-electron chi connectivity index (χ4n) is 2.90. The van der Waals surface area contributed by atoms with Gasteiger partial charge < -0.3 is 4.90 Å². The number of hydrogen-bond acceptors (Lipinski definition) is 4. The Labute approximate surface area is 134 Å². The van der Waals surface area contributed by atoms with Crippen LogP contribution in [0.15, 0.2) is 18.3 Å². The monoisotopic (exact) mass is 322 g/mol. The highest BCUT2D eigenvalue weighted by Gasteiger charge is 2.33. The van der Waals surface area contributed by atoms with Crippen LogP contribution in [-0.2, 0) is 11.3 Å². The third kappa shape index (κ3) is 3.39. The van der Waals surface area contributed by atoms with Gasteiger partial charge in [-0.2, -0.15) is 0 Å². The second-order valence-electron chi connectivity index (χ2n) is 5.72. The number of imide groups is 1. The zero-order chi connectivity index (χ0) is 15.5. The number of rotatable bonds is 4. The summed E-state index contributed by atoms with van der Waals surface area (Å²) in [5.41, 5.74) is 0.909. The minimum absolute atomic E-state index is 0.0939. The molecule has 0 N–H and O–H groups in total. The van der Waals surface area contributed by atoms with Crippen molar-refractivity contribution in [2.45, 2.75) is 19.4 Å². The van der Waals surface area contributed by atoms with Crippen LogP contribution in [0, 0.1) is 0 Å². The summed E-state index contributed by atoms with van der Waals surface area (Å²) in [4.78, 5) is 33.8. The molecule has 118 valence electrons. The largest absolute Gasteiger partial charge is 0.327 e. The Balaban J connectivity index is 1.57. The molecule has 6 nitrogen and oxygen atoms in total. The standard InChI is InChI=1S/C15H19ClN4O2/c16-13-4-3-12(9-17-13)10-19-7-8-20(15(19)22)14(21)11-18-5-1-2-6-18/h3-4,9H,1-2,5-8,10-11H2. The summed E-state index contributed by atoms with van der Waals surface area (Å²) >= 11 is 5.75. The summed E-state index contributed by atoms with van der Waals surface area (Å²) in [6.07, 6.45) is 3.93. The molecule has 0 atom stereocenters. The maximum atomic E-state index is 12.4. The van der Waals surface area contributed by atoms with Crippen molar-refractivity contribution in [2.24, 2.45) is 0 Å². The lowest BCUT2D eigenvalue weighted by Crippen LogP contribution is -2.41. The highest BCUT2D eigenvalue weighted by atomic mass is 35.5. The highest BCUT2D eigenvalue weighted by molar-refractivity contribution is 6.29. The van der Waals surface area contributed by atoms with E-state index in [1.165, 1.54) is 4.90 Å². The SMILES string of the molecule is O=C(CN1CCCC1)N1CCN(Cc2ccc(Cl)nc2)C1=O. The van der Waals surface area contributed by atoms with E-state index in [1.54, 1.807) is 17.2 Å². The summed E-state index contributed by atoms with van der Waals surface area (Å²) in [6.45, 7) is 3.74. The Morgan fingerprint density at radius 1 is 1.18 bits per heavy atom. The lowest BCUT2D eigenvalue weighted by Gasteiger charge is -2.20. The molecule has 3 amide bonds. The molecule has 0 radical (unpaired) electrons. The molecule has 2 aliphatic rings. The molecule has 2 aliphatic heterocycles. The van der Waals surface area contributed by atoms with Crippen molar-refractivity contribution < 1.29 is 9.59 Å². The fraction of sp³-hybridized carbons (Fsp3) is 0.533. The number of carbonyl (C=O) groups excluding carboxylic acids is 2. The lowest BCUT2D eigenvalue weighted by atomic mass is 10.3. The molecule has 0 aliphatic carbocycles. The van der Waals surface area contributed by atoms with Crippen molar-refractivity contribution in [2.75, 3.05) is 32.7 Å². The second-order valence-corrected chi connectivity index (χ2v) is 6.11. The number of hydrogen-bond donors (Lipinski definition) is 0. The van der Waals surface area contributed by atoms with E-state index in [9.17, 15) is 9.59 Å².